The molecule has 3 rings (SSSR count). The van der Waals surface area contributed by atoms with Gasteiger partial charge in [0.05, 0.1) is 5.69 Å². The van der Waals surface area contributed by atoms with E-state index in [1.807, 2.05) is 30.3 Å². The number of ether oxygens (including phenoxy) is 1. The Morgan fingerprint density at radius 3 is 2.17 bits per heavy atom. The average molecular weight is 320 g/mol. The number of aromatic nitrogens is 1. The topological polar surface area (TPSA) is 60.3 Å². The van der Waals surface area contributed by atoms with Crippen molar-refractivity contribution in [3.8, 4) is 11.5 Å². The van der Waals surface area contributed by atoms with Crippen molar-refractivity contribution in [1.29, 1.82) is 0 Å². The number of para-hydroxylation sites is 1. The van der Waals surface area contributed by atoms with Crippen LogP contribution in [0.15, 0.2) is 72.9 Å². The van der Waals surface area contributed by atoms with Crippen LogP contribution in [-0.2, 0) is 11.8 Å². The van der Waals surface area contributed by atoms with Crippen LogP contribution in [0, 0.1) is 0 Å². The molecule has 0 spiro atoms. The summed E-state index contributed by atoms with van der Waals surface area (Å²) in [7, 11) is 1.72. The van der Waals surface area contributed by atoms with Crippen molar-refractivity contribution in [3.63, 3.8) is 0 Å². The number of benzene rings is 2. The van der Waals surface area contributed by atoms with Crippen molar-refractivity contribution in [2.24, 2.45) is 7.05 Å². The van der Waals surface area contributed by atoms with Gasteiger partial charge in [-0.25, -0.2) is 0 Å². The first-order valence-corrected chi connectivity index (χ1v) is 7.43. The lowest BCUT2D eigenvalue weighted by Gasteiger charge is -2.08. The number of hydrogen-bond acceptors (Lipinski definition) is 3. The highest BCUT2D eigenvalue weighted by Crippen LogP contribution is 2.22. The van der Waals surface area contributed by atoms with Crippen LogP contribution >= 0.6 is 0 Å². The van der Waals surface area contributed by atoms with Gasteiger partial charge in [0, 0.05) is 18.9 Å². The van der Waals surface area contributed by atoms with Crippen LogP contribution in [-0.4, -0.2) is 16.3 Å². The quantitative estimate of drug-likeness (QED) is 0.577. The summed E-state index contributed by atoms with van der Waals surface area (Å²) in [6, 6.07) is 19.6. The number of nitrogens with one attached hydrogen (secondary N) is 1. The van der Waals surface area contributed by atoms with E-state index in [-0.39, 0.29) is 0 Å². The number of nitrogens with zero attached hydrogens (tertiary/aromatic N) is 1. The Morgan fingerprint density at radius 1 is 0.875 bits per heavy atom. The number of carbonyl (C=O) groups is 2. The Hall–Kier alpha value is -3.34. The van der Waals surface area contributed by atoms with Gasteiger partial charge in [0.2, 0.25) is 0 Å². The molecule has 0 radical (unpaired) electrons. The maximum Gasteiger partial charge on any atom is 0.298 e. The first-order valence-electron chi connectivity index (χ1n) is 7.43. The molecule has 120 valence electrons. The standard InChI is InChI=1S/C19H16N2O3/c1-21-13-5-8-17(21)18(22)19(23)20-14-9-11-16(12-10-14)24-15-6-3-2-4-7-15/h2-13H,1H3,(H,20,23). The molecule has 1 N–H and O–H groups in total. The third kappa shape index (κ3) is 3.52. The predicted molar refractivity (Wildman–Crippen MR) is 91.3 cm³/mol. The van der Waals surface area contributed by atoms with Crippen LogP contribution in [0.4, 0.5) is 5.69 Å². The summed E-state index contributed by atoms with van der Waals surface area (Å²) in [5.74, 6) is 0.127. The van der Waals surface area contributed by atoms with E-state index in [0.29, 0.717) is 17.1 Å². The fourth-order valence-electron chi connectivity index (χ4n) is 2.23. The molecule has 0 aliphatic carbocycles. The molecule has 1 aromatic heterocycles. The SMILES string of the molecule is Cn1cccc1C(=O)C(=O)Nc1ccc(Oc2ccccc2)cc1. The molecule has 2 aromatic carbocycles. The summed E-state index contributed by atoms with van der Waals surface area (Å²) in [6.45, 7) is 0. The first-order chi connectivity index (χ1) is 11.6. The molecule has 3 aromatic rings. The zero-order valence-electron chi connectivity index (χ0n) is 13.1. The van der Waals surface area contributed by atoms with E-state index in [1.54, 1.807) is 54.2 Å². The summed E-state index contributed by atoms with van der Waals surface area (Å²) in [5.41, 5.74) is 0.875. The number of hydrogen-bond donors (Lipinski definition) is 1. The lowest BCUT2D eigenvalue weighted by molar-refractivity contribution is -0.112. The maximum atomic E-state index is 12.1. The second-order valence-electron chi connectivity index (χ2n) is 5.23. The van der Waals surface area contributed by atoms with Crippen molar-refractivity contribution in [2.75, 3.05) is 5.32 Å². The van der Waals surface area contributed by atoms with Crippen molar-refractivity contribution in [1.82, 2.24) is 4.57 Å². The van der Waals surface area contributed by atoms with E-state index in [0.717, 1.165) is 5.75 Å². The lowest BCUT2D eigenvalue weighted by atomic mass is 10.2. The maximum absolute atomic E-state index is 12.1. The van der Waals surface area contributed by atoms with Crippen molar-refractivity contribution in [2.45, 2.75) is 0 Å². The molecule has 0 fully saturated rings. The lowest BCUT2D eigenvalue weighted by Crippen LogP contribution is -2.24. The average Bonchev–Trinajstić information content (AvgIpc) is 3.03. The second-order valence-corrected chi connectivity index (χ2v) is 5.23. The zero-order valence-corrected chi connectivity index (χ0v) is 13.1. The molecular formula is C19H16N2O3. The number of Topliss-reactive ketones (excluding diaryl/α,β-unsaturated/α-hetero) is 1. The molecule has 0 aliphatic heterocycles. The van der Waals surface area contributed by atoms with E-state index < -0.39 is 11.7 Å². The number of amides is 1. The first kappa shape index (κ1) is 15.6. The second kappa shape index (κ2) is 6.83. The Balaban J connectivity index is 1.65. The molecule has 5 heteroatoms. The van der Waals surface area contributed by atoms with Gasteiger partial charge in [-0.15, -0.1) is 0 Å². The van der Waals surface area contributed by atoms with Crippen LogP contribution in [0.3, 0.4) is 0 Å². The van der Waals surface area contributed by atoms with Crippen LogP contribution in [0.25, 0.3) is 0 Å². The van der Waals surface area contributed by atoms with E-state index in [4.69, 9.17) is 4.74 Å². The molecule has 0 unspecified atom stereocenters. The van der Waals surface area contributed by atoms with Crippen LogP contribution in [0.2, 0.25) is 0 Å². The van der Waals surface area contributed by atoms with Gasteiger partial charge < -0.3 is 14.6 Å². The van der Waals surface area contributed by atoms with Crippen molar-refractivity contribution in [3.05, 3.63) is 78.6 Å². The molecule has 1 amide bonds. The third-order valence-corrected chi connectivity index (χ3v) is 3.47. The Bertz CT molecular complexity index is 852. The Morgan fingerprint density at radius 2 is 1.54 bits per heavy atom. The van der Waals surface area contributed by atoms with Crippen LogP contribution < -0.4 is 10.1 Å². The number of anilines is 1. The zero-order chi connectivity index (χ0) is 16.9. The smallest absolute Gasteiger partial charge is 0.298 e. The van der Waals surface area contributed by atoms with Gasteiger partial charge in [-0.2, -0.15) is 0 Å². The van der Waals surface area contributed by atoms with Crippen molar-refractivity contribution < 1.29 is 14.3 Å². The molecule has 0 saturated carbocycles. The van der Waals surface area contributed by atoms with Gasteiger partial charge in [0.25, 0.3) is 11.7 Å². The van der Waals surface area contributed by atoms with Gasteiger partial charge in [0.1, 0.15) is 11.5 Å². The summed E-state index contributed by atoms with van der Waals surface area (Å²) < 4.78 is 7.29. The van der Waals surface area contributed by atoms with Gasteiger partial charge in [-0.05, 0) is 48.5 Å². The number of carbonyl (C=O) groups excluding carboxylic acids is 2. The van der Waals surface area contributed by atoms with Gasteiger partial charge in [-0.3, -0.25) is 9.59 Å². The molecule has 0 aliphatic rings. The van der Waals surface area contributed by atoms with E-state index >= 15 is 0 Å². The highest BCUT2D eigenvalue weighted by Gasteiger charge is 2.18. The molecule has 0 saturated heterocycles. The highest BCUT2D eigenvalue weighted by atomic mass is 16.5. The molecule has 24 heavy (non-hydrogen) atoms. The molecule has 5 nitrogen and oxygen atoms in total. The molecule has 0 atom stereocenters. The summed E-state index contributed by atoms with van der Waals surface area (Å²) in [6.07, 6.45) is 1.72. The van der Waals surface area contributed by atoms with E-state index in [2.05, 4.69) is 5.32 Å². The number of ketones is 1. The third-order valence-electron chi connectivity index (χ3n) is 3.47. The van der Waals surface area contributed by atoms with Gasteiger partial charge in [0.15, 0.2) is 0 Å². The number of rotatable bonds is 5. The Kier molecular flexibility index (Phi) is 4.43. The normalized spacial score (nSPS) is 10.2. The molecule has 1 heterocycles. The minimum Gasteiger partial charge on any atom is -0.457 e. The van der Waals surface area contributed by atoms with Crippen molar-refractivity contribution >= 4 is 17.4 Å². The monoisotopic (exact) mass is 320 g/mol. The van der Waals surface area contributed by atoms with Gasteiger partial charge >= 0.3 is 0 Å². The summed E-state index contributed by atoms with van der Waals surface area (Å²) in [5, 5.41) is 2.59. The Labute approximate surface area is 139 Å². The minimum absolute atomic E-state index is 0.344. The molecular weight excluding hydrogens is 304 g/mol. The van der Waals surface area contributed by atoms with E-state index in [1.165, 1.54) is 0 Å². The highest BCUT2D eigenvalue weighted by molar-refractivity contribution is 6.46. The molecule has 0 bridgehead atoms. The summed E-state index contributed by atoms with van der Waals surface area (Å²) >= 11 is 0. The fourth-order valence-corrected chi connectivity index (χ4v) is 2.23. The van der Waals surface area contributed by atoms with E-state index in [9.17, 15) is 9.59 Å². The fraction of sp³-hybridized carbons (Fsp3) is 0.0526. The minimum atomic E-state index is -0.673. The van der Waals surface area contributed by atoms with Crippen LogP contribution in [0.5, 0.6) is 11.5 Å². The van der Waals surface area contributed by atoms with Crippen LogP contribution in [0.1, 0.15) is 10.5 Å². The number of aryl methyl sites for hydroxylation is 1. The van der Waals surface area contributed by atoms with Gasteiger partial charge in [-0.1, -0.05) is 18.2 Å². The predicted octanol–water partition coefficient (Wildman–Crippen LogP) is 3.64. The largest absolute Gasteiger partial charge is 0.457 e. The summed E-state index contributed by atoms with van der Waals surface area (Å²) in [4.78, 5) is 24.1.